The lowest BCUT2D eigenvalue weighted by atomic mass is 10.2. The van der Waals surface area contributed by atoms with E-state index in [1.807, 2.05) is 18.2 Å². The predicted octanol–water partition coefficient (Wildman–Crippen LogP) is 2.10. The number of carbonyl (C=O) groups is 2. The minimum atomic E-state index is -0.0728. The number of unbranched alkanes of at least 4 members (excludes halogenated alkanes) is 2. The number of benzene rings is 1. The van der Waals surface area contributed by atoms with E-state index in [2.05, 4.69) is 15.8 Å². The molecule has 0 aliphatic heterocycles. The largest absolute Gasteiger partial charge is 0.352 e. The number of hydrogen-bond acceptors (Lipinski definition) is 3. The molecule has 0 heterocycles. The maximum Gasteiger partial charge on any atom is 0.251 e. The second kappa shape index (κ2) is 9.72. The molecule has 0 fully saturated rings. The molecule has 0 aliphatic rings. The van der Waals surface area contributed by atoms with E-state index < -0.39 is 0 Å². The van der Waals surface area contributed by atoms with Crippen LogP contribution in [0.25, 0.3) is 0 Å². The summed E-state index contributed by atoms with van der Waals surface area (Å²) in [6, 6.07) is 9.13. The topological polar surface area (TPSA) is 70.6 Å². The first-order valence-corrected chi connectivity index (χ1v) is 6.84. The van der Waals surface area contributed by atoms with Crippen LogP contribution in [0.3, 0.4) is 0 Å². The molecule has 0 bridgehead atoms. The Morgan fingerprint density at radius 2 is 1.90 bits per heavy atom. The molecule has 0 atom stereocenters. The maximum atomic E-state index is 11.7. The highest BCUT2D eigenvalue weighted by molar-refractivity contribution is 5.94. The van der Waals surface area contributed by atoms with Crippen LogP contribution in [0.5, 0.6) is 0 Å². The minimum Gasteiger partial charge on any atom is -0.352 e. The number of amides is 2. The molecule has 108 valence electrons. The first-order valence-electron chi connectivity index (χ1n) is 6.84. The normalized spacial score (nSPS) is 10.4. The summed E-state index contributed by atoms with van der Waals surface area (Å²) >= 11 is 0. The van der Waals surface area contributed by atoms with Crippen LogP contribution in [0.2, 0.25) is 0 Å². The standard InChI is InChI=1S/C15H21N3O2/c1-2-17-18-14(19)11-7-4-8-12-16-15(20)13-9-5-3-6-10-13/h2-3,5-6,9-10H,4,7-8,11-12H2,1H3,(H,16,20)(H,18,19). The van der Waals surface area contributed by atoms with Crippen molar-refractivity contribution < 1.29 is 9.59 Å². The van der Waals surface area contributed by atoms with Crippen molar-refractivity contribution in [1.29, 1.82) is 0 Å². The van der Waals surface area contributed by atoms with Crippen LogP contribution in [0.1, 0.15) is 43.0 Å². The van der Waals surface area contributed by atoms with Crippen molar-refractivity contribution in [2.75, 3.05) is 6.54 Å². The zero-order valence-electron chi connectivity index (χ0n) is 11.8. The Kier molecular flexibility index (Phi) is 7.72. The second-order valence-electron chi connectivity index (χ2n) is 4.35. The van der Waals surface area contributed by atoms with Gasteiger partial charge in [-0.05, 0) is 31.9 Å². The quantitative estimate of drug-likeness (QED) is 0.433. The van der Waals surface area contributed by atoms with Gasteiger partial charge in [0.1, 0.15) is 0 Å². The molecule has 0 aliphatic carbocycles. The third-order valence-electron chi connectivity index (χ3n) is 2.72. The lowest BCUT2D eigenvalue weighted by Gasteiger charge is -2.05. The average molecular weight is 275 g/mol. The van der Waals surface area contributed by atoms with Gasteiger partial charge in [-0.2, -0.15) is 5.10 Å². The first kappa shape index (κ1) is 15.9. The molecular formula is C15H21N3O2. The van der Waals surface area contributed by atoms with Crippen molar-refractivity contribution in [2.45, 2.75) is 32.6 Å². The van der Waals surface area contributed by atoms with E-state index >= 15 is 0 Å². The molecule has 1 aromatic rings. The molecule has 5 nitrogen and oxygen atoms in total. The molecule has 0 spiro atoms. The Morgan fingerprint density at radius 1 is 1.15 bits per heavy atom. The van der Waals surface area contributed by atoms with Gasteiger partial charge in [0, 0.05) is 24.7 Å². The Labute approximate surface area is 119 Å². The van der Waals surface area contributed by atoms with E-state index in [0.717, 1.165) is 19.3 Å². The van der Waals surface area contributed by atoms with Crippen molar-refractivity contribution in [2.24, 2.45) is 5.10 Å². The summed E-state index contributed by atoms with van der Waals surface area (Å²) < 4.78 is 0. The van der Waals surface area contributed by atoms with E-state index in [0.29, 0.717) is 18.5 Å². The Morgan fingerprint density at radius 3 is 2.60 bits per heavy atom. The van der Waals surface area contributed by atoms with Crippen LogP contribution in [0.4, 0.5) is 0 Å². The number of nitrogens with one attached hydrogen (secondary N) is 2. The fraction of sp³-hybridized carbons (Fsp3) is 0.400. The fourth-order valence-corrected chi connectivity index (χ4v) is 1.67. The summed E-state index contributed by atoms with van der Waals surface area (Å²) in [5, 5.41) is 6.52. The molecule has 0 saturated heterocycles. The molecule has 20 heavy (non-hydrogen) atoms. The number of rotatable bonds is 8. The number of hydrogen-bond donors (Lipinski definition) is 2. The van der Waals surface area contributed by atoms with E-state index in [4.69, 9.17) is 0 Å². The average Bonchev–Trinajstić information content (AvgIpc) is 2.49. The molecule has 0 aromatic heterocycles. The molecular weight excluding hydrogens is 254 g/mol. The van der Waals surface area contributed by atoms with Gasteiger partial charge in [0.25, 0.3) is 5.91 Å². The molecule has 2 amide bonds. The molecule has 0 saturated carbocycles. The molecule has 0 radical (unpaired) electrons. The fourth-order valence-electron chi connectivity index (χ4n) is 1.67. The smallest absolute Gasteiger partial charge is 0.251 e. The summed E-state index contributed by atoms with van der Waals surface area (Å²) in [4.78, 5) is 22.9. The van der Waals surface area contributed by atoms with E-state index in [9.17, 15) is 9.59 Å². The van der Waals surface area contributed by atoms with Gasteiger partial charge in [0.2, 0.25) is 5.91 Å². The van der Waals surface area contributed by atoms with Gasteiger partial charge in [-0.3, -0.25) is 9.59 Å². The maximum absolute atomic E-state index is 11.7. The van der Waals surface area contributed by atoms with Crippen LogP contribution in [0.15, 0.2) is 35.4 Å². The monoisotopic (exact) mass is 275 g/mol. The highest BCUT2D eigenvalue weighted by atomic mass is 16.2. The number of carbonyl (C=O) groups excluding carboxylic acids is 2. The summed E-state index contributed by atoms with van der Waals surface area (Å²) in [5.74, 6) is -0.128. The second-order valence-corrected chi connectivity index (χ2v) is 4.35. The van der Waals surface area contributed by atoms with Crippen LogP contribution < -0.4 is 10.7 Å². The first-order chi connectivity index (χ1) is 9.74. The summed E-state index contributed by atoms with van der Waals surface area (Å²) in [6.45, 7) is 2.37. The minimum absolute atomic E-state index is 0.0550. The van der Waals surface area contributed by atoms with Gasteiger partial charge in [0.15, 0.2) is 0 Å². The van der Waals surface area contributed by atoms with Gasteiger partial charge < -0.3 is 5.32 Å². The summed E-state index contributed by atoms with van der Waals surface area (Å²) in [5.41, 5.74) is 3.09. The lowest BCUT2D eigenvalue weighted by Crippen LogP contribution is -2.24. The Balaban J connectivity index is 2.05. The Hall–Kier alpha value is -2.17. The zero-order chi connectivity index (χ0) is 14.6. The molecule has 1 rings (SSSR count). The van der Waals surface area contributed by atoms with Crippen LogP contribution in [0, 0.1) is 0 Å². The van der Waals surface area contributed by atoms with Crippen molar-refractivity contribution >= 4 is 18.0 Å². The van der Waals surface area contributed by atoms with Gasteiger partial charge in [-0.1, -0.05) is 24.6 Å². The van der Waals surface area contributed by atoms with E-state index in [1.165, 1.54) is 6.21 Å². The van der Waals surface area contributed by atoms with E-state index in [1.54, 1.807) is 19.1 Å². The van der Waals surface area contributed by atoms with Crippen LogP contribution in [-0.2, 0) is 4.79 Å². The zero-order valence-corrected chi connectivity index (χ0v) is 11.8. The van der Waals surface area contributed by atoms with Gasteiger partial charge in [-0.15, -0.1) is 0 Å². The van der Waals surface area contributed by atoms with Crippen LogP contribution in [-0.4, -0.2) is 24.6 Å². The number of nitrogens with zero attached hydrogens (tertiary/aromatic N) is 1. The highest BCUT2D eigenvalue weighted by Gasteiger charge is 2.03. The van der Waals surface area contributed by atoms with Gasteiger partial charge >= 0.3 is 0 Å². The van der Waals surface area contributed by atoms with Crippen molar-refractivity contribution in [1.82, 2.24) is 10.7 Å². The van der Waals surface area contributed by atoms with Gasteiger partial charge in [-0.25, -0.2) is 5.43 Å². The molecule has 0 unspecified atom stereocenters. The molecule has 5 heteroatoms. The molecule has 1 aromatic carbocycles. The summed E-state index contributed by atoms with van der Waals surface area (Å²) in [6.07, 6.45) is 4.56. The Bertz CT molecular complexity index is 444. The lowest BCUT2D eigenvalue weighted by molar-refractivity contribution is -0.121. The number of hydrazone groups is 1. The highest BCUT2D eigenvalue weighted by Crippen LogP contribution is 2.01. The van der Waals surface area contributed by atoms with Crippen molar-refractivity contribution in [3.63, 3.8) is 0 Å². The van der Waals surface area contributed by atoms with Gasteiger partial charge in [0.05, 0.1) is 0 Å². The predicted molar refractivity (Wildman–Crippen MR) is 79.6 cm³/mol. The molecule has 2 N–H and O–H groups in total. The van der Waals surface area contributed by atoms with Crippen molar-refractivity contribution in [3.8, 4) is 0 Å². The van der Waals surface area contributed by atoms with Crippen molar-refractivity contribution in [3.05, 3.63) is 35.9 Å². The third-order valence-corrected chi connectivity index (χ3v) is 2.72. The van der Waals surface area contributed by atoms with E-state index in [-0.39, 0.29) is 11.8 Å². The third kappa shape index (κ3) is 6.68. The van der Waals surface area contributed by atoms with Crippen LogP contribution >= 0.6 is 0 Å². The SMILES string of the molecule is CC=NNC(=O)CCCCCNC(=O)c1ccccc1. The summed E-state index contributed by atoms with van der Waals surface area (Å²) in [7, 11) is 0.